The van der Waals surface area contributed by atoms with E-state index in [4.69, 9.17) is 10.5 Å². The minimum Gasteiger partial charge on any atom is -0.449 e. The number of benzene rings is 2. The van der Waals surface area contributed by atoms with Gasteiger partial charge in [-0.2, -0.15) is 5.10 Å². The molecule has 1 atom stereocenters. The fourth-order valence-electron chi connectivity index (χ4n) is 3.01. The van der Waals surface area contributed by atoms with E-state index in [1.165, 1.54) is 0 Å². The smallest absolute Gasteiger partial charge is 0.339 e. The molecular weight excluding hydrogens is 290 g/mol. The highest BCUT2D eigenvalue weighted by atomic mass is 16.5. The lowest BCUT2D eigenvalue weighted by Gasteiger charge is -2.11. The van der Waals surface area contributed by atoms with Crippen LogP contribution in [0.3, 0.4) is 0 Å². The molecular formula is C18H15N3O2. The summed E-state index contributed by atoms with van der Waals surface area (Å²) in [5, 5.41) is 4.52. The molecule has 0 radical (unpaired) electrons. The summed E-state index contributed by atoms with van der Waals surface area (Å²) in [6.45, 7) is 1.87. The summed E-state index contributed by atoms with van der Waals surface area (Å²) >= 11 is 0. The minimum atomic E-state index is -0.504. The number of hydrogen-bond acceptors (Lipinski definition) is 4. The normalized spacial score (nSPS) is 16.2. The number of nitrogens with zero attached hydrogens (tertiary/aromatic N) is 2. The highest BCUT2D eigenvalue weighted by Gasteiger charge is 2.35. The van der Waals surface area contributed by atoms with Gasteiger partial charge < -0.3 is 10.5 Å². The molecule has 3 aromatic rings. The first-order chi connectivity index (χ1) is 11.2. The zero-order valence-electron chi connectivity index (χ0n) is 12.6. The van der Waals surface area contributed by atoms with Gasteiger partial charge in [-0.05, 0) is 25.1 Å². The number of cyclic esters (lactones) is 1. The van der Waals surface area contributed by atoms with Gasteiger partial charge in [-0.15, -0.1) is 0 Å². The van der Waals surface area contributed by atoms with Gasteiger partial charge >= 0.3 is 5.97 Å². The van der Waals surface area contributed by atoms with Gasteiger partial charge in [0.25, 0.3) is 0 Å². The molecule has 4 rings (SSSR count). The van der Waals surface area contributed by atoms with Crippen molar-refractivity contribution >= 4 is 11.8 Å². The van der Waals surface area contributed by atoms with Crippen LogP contribution < -0.4 is 5.73 Å². The summed E-state index contributed by atoms with van der Waals surface area (Å²) in [7, 11) is 0. The van der Waals surface area contributed by atoms with E-state index < -0.39 is 6.10 Å². The Kier molecular flexibility index (Phi) is 2.94. The lowest BCUT2D eigenvalue weighted by atomic mass is 9.99. The molecule has 114 valence electrons. The Hall–Kier alpha value is -3.08. The topological polar surface area (TPSA) is 70.1 Å². The number of carbonyl (C=O) groups excluding carboxylic acids is 1. The van der Waals surface area contributed by atoms with Crippen LogP contribution in [0.25, 0.3) is 5.69 Å². The van der Waals surface area contributed by atoms with Crippen molar-refractivity contribution in [3.8, 4) is 5.69 Å². The molecule has 2 aromatic carbocycles. The van der Waals surface area contributed by atoms with E-state index in [-0.39, 0.29) is 5.97 Å². The van der Waals surface area contributed by atoms with Crippen molar-refractivity contribution in [2.75, 3.05) is 5.73 Å². The highest BCUT2D eigenvalue weighted by molar-refractivity contribution is 5.94. The van der Waals surface area contributed by atoms with Crippen LogP contribution in [0.2, 0.25) is 0 Å². The number of nitrogen functional groups attached to an aromatic ring is 1. The molecule has 1 aromatic heterocycles. The van der Waals surface area contributed by atoms with Gasteiger partial charge in [0.2, 0.25) is 0 Å². The third kappa shape index (κ3) is 2.01. The van der Waals surface area contributed by atoms with Crippen molar-refractivity contribution in [1.29, 1.82) is 0 Å². The first kappa shape index (κ1) is 13.6. The van der Waals surface area contributed by atoms with E-state index in [2.05, 4.69) is 5.10 Å². The molecule has 0 fully saturated rings. The molecule has 0 aliphatic carbocycles. The Bertz CT molecular complexity index is 900. The number of hydrogen-bond donors (Lipinski definition) is 1. The van der Waals surface area contributed by atoms with Crippen molar-refractivity contribution in [2.45, 2.75) is 13.0 Å². The molecule has 23 heavy (non-hydrogen) atoms. The van der Waals surface area contributed by atoms with Crippen LogP contribution in [0.5, 0.6) is 0 Å². The number of ether oxygens (including phenoxy) is 1. The van der Waals surface area contributed by atoms with E-state index in [0.29, 0.717) is 11.4 Å². The van der Waals surface area contributed by atoms with E-state index in [1.54, 1.807) is 10.7 Å². The van der Waals surface area contributed by atoms with Gasteiger partial charge in [0, 0.05) is 5.56 Å². The molecule has 1 aliphatic rings. The molecule has 0 saturated heterocycles. The molecule has 0 saturated carbocycles. The lowest BCUT2D eigenvalue weighted by Crippen LogP contribution is -2.07. The summed E-state index contributed by atoms with van der Waals surface area (Å²) in [6, 6.07) is 17.0. The molecule has 2 heterocycles. The molecule has 1 aliphatic heterocycles. The third-order valence-corrected chi connectivity index (χ3v) is 4.09. The standard InChI is InChI=1S/C18H15N3O2/c1-11-15(16-13-9-5-6-10-14(13)18(22)23-16)17(19)21(20-11)12-7-3-2-4-8-12/h2-10,16H,19H2,1H3/t16-/m1/s1. The second kappa shape index (κ2) is 4.98. The van der Waals surface area contributed by atoms with Gasteiger partial charge in [-0.1, -0.05) is 36.4 Å². The largest absolute Gasteiger partial charge is 0.449 e. The number of carbonyl (C=O) groups is 1. The quantitative estimate of drug-likeness (QED) is 0.739. The average Bonchev–Trinajstić information content (AvgIpc) is 3.06. The van der Waals surface area contributed by atoms with Crippen LogP contribution in [-0.2, 0) is 4.74 Å². The number of aryl methyl sites for hydroxylation is 1. The van der Waals surface area contributed by atoms with Crippen molar-refractivity contribution in [3.63, 3.8) is 0 Å². The second-order valence-electron chi connectivity index (χ2n) is 5.50. The summed E-state index contributed by atoms with van der Waals surface area (Å²) < 4.78 is 7.24. The Morgan fingerprint density at radius 2 is 1.78 bits per heavy atom. The number of fused-ring (bicyclic) bond motifs is 1. The Labute approximate surface area is 133 Å². The van der Waals surface area contributed by atoms with Gasteiger partial charge in [-0.3, -0.25) is 0 Å². The number of rotatable bonds is 2. The minimum absolute atomic E-state index is 0.322. The molecule has 5 heteroatoms. The highest BCUT2D eigenvalue weighted by Crippen LogP contribution is 2.40. The first-order valence-electron chi connectivity index (χ1n) is 7.37. The Morgan fingerprint density at radius 1 is 1.09 bits per heavy atom. The van der Waals surface area contributed by atoms with Crippen molar-refractivity contribution in [1.82, 2.24) is 9.78 Å². The Balaban J connectivity index is 1.86. The van der Waals surface area contributed by atoms with Crippen molar-refractivity contribution in [2.24, 2.45) is 0 Å². The predicted octanol–water partition coefficient (Wildman–Crippen LogP) is 3.02. The predicted molar refractivity (Wildman–Crippen MR) is 86.4 cm³/mol. The van der Waals surface area contributed by atoms with Crippen LogP contribution in [0.4, 0.5) is 5.82 Å². The lowest BCUT2D eigenvalue weighted by molar-refractivity contribution is 0.0456. The summed E-state index contributed by atoms with van der Waals surface area (Å²) in [5.74, 6) is 0.167. The van der Waals surface area contributed by atoms with E-state index in [1.807, 2.05) is 55.5 Å². The van der Waals surface area contributed by atoms with Crippen LogP contribution in [0.15, 0.2) is 54.6 Å². The van der Waals surface area contributed by atoms with Crippen molar-refractivity contribution < 1.29 is 9.53 Å². The molecule has 5 nitrogen and oxygen atoms in total. The zero-order chi connectivity index (χ0) is 16.0. The SMILES string of the molecule is Cc1nn(-c2ccccc2)c(N)c1[C@@H]1OC(=O)c2ccccc21. The van der Waals surface area contributed by atoms with E-state index >= 15 is 0 Å². The Morgan fingerprint density at radius 3 is 2.57 bits per heavy atom. The number of aromatic nitrogens is 2. The first-order valence-corrected chi connectivity index (χ1v) is 7.37. The third-order valence-electron chi connectivity index (χ3n) is 4.09. The van der Waals surface area contributed by atoms with Crippen molar-refractivity contribution in [3.05, 3.63) is 77.0 Å². The maximum atomic E-state index is 12.1. The van der Waals surface area contributed by atoms with Crippen LogP contribution in [-0.4, -0.2) is 15.7 Å². The molecule has 2 N–H and O–H groups in total. The monoisotopic (exact) mass is 305 g/mol. The molecule has 0 spiro atoms. The van der Waals surface area contributed by atoms with Gasteiger partial charge in [0.1, 0.15) is 5.82 Å². The number of anilines is 1. The number of nitrogens with two attached hydrogens (primary N) is 1. The van der Waals surface area contributed by atoms with E-state index in [0.717, 1.165) is 22.5 Å². The molecule has 0 bridgehead atoms. The summed E-state index contributed by atoms with van der Waals surface area (Å²) in [6.07, 6.45) is -0.504. The zero-order valence-corrected chi connectivity index (χ0v) is 12.6. The van der Waals surface area contributed by atoms with Gasteiger partial charge in [0.15, 0.2) is 6.10 Å². The number of esters is 1. The second-order valence-corrected chi connectivity index (χ2v) is 5.50. The maximum absolute atomic E-state index is 12.1. The average molecular weight is 305 g/mol. The van der Waals surface area contributed by atoms with E-state index in [9.17, 15) is 4.79 Å². The summed E-state index contributed by atoms with van der Waals surface area (Å²) in [5.41, 5.74) is 10.1. The van der Waals surface area contributed by atoms with Crippen LogP contribution in [0, 0.1) is 6.92 Å². The van der Waals surface area contributed by atoms with Crippen LogP contribution >= 0.6 is 0 Å². The molecule has 0 unspecified atom stereocenters. The molecule has 0 amide bonds. The van der Waals surface area contributed by atoms with Crippen LogP contribution in [0.1, 0.15) is 33.3 Å². The maximum Gasteiger partial charge on any atom is 0.339 e. The fourth-order valence-corrected chi connectivity index (χ4v) is 3.01. The fraction of sp³-hybridized carbons (Fsp3) is 0.111. The van der Waals surface area contributed by atoms with Gasteiger partial charge in [0.05, 0.1) is 22.5 Å². The number of para-hydroxylation sites is 1. The summed E-state index contributed by atoms with van der Waals surface area (Å²) in [4.78, 5) is 12.1. The van der Waals surface area contributed by atoms with Gasteiger partial charge in [-0.25, -0.2) is 9.48 Å².